The number of halogens is 1. The van der Waals surface area contributed by atoms with Crippen LogP contribution in [0.3, 0.4) is 0 Å². The Balaban J connectivity index is 1.37. The van der Waals surface area contributed by atoms with Crippen molar-refractivity contribution in [2.75, 3.05) is 59.7 Å². The van der Waals surface area contributed by atoms with Gasteiger partial charge in [0.25, 0.3) is 0 Å². The second-order valence-electron chi connectivity index (χ2n) is 5.42. The molecule has 0 spiro atoms. The summed E-state index contributed by atoms with van der Waals surface area (Å²) in [6, 6.07) is 0.742. The lowest BCUT2D eigenvalue weighted by Crippen LogP contribution is -2.52. The lowest BCUT2D eigenvalue weighted by molar-refractivity contribution is 0.0659. The highest BCUT2D eigenvalue weighted by molar-refractivity contribution is 14.1. The van der Waals surface area contributed by atoms with Gasteiger partial charge in [-0.1, -0.05) is 0 Å². The van der Waals surface area contributed by atoms with E-state index >= 15 is 0 Å². The van der Waals surface area contributed by atoms with E-state index in [4.69, 9.17) is 0 Å². The summed E-state index contributed by atoms with van der Waals surface area (Å²) in [4.78, 5) is 4.86. The van der Waals surface area contributed by atoms with Gasteiger partial charge in [-0.3, -0.25) is 4.90 Å². The third-order valence-corrected chi connectivity index (χ3v) is 4.38. The minimum Gasteiger partial charge on any atom is -0.314 e. The third-order valence-electron chi connectivity index (χ3n) is 3.77. The van der Waals surface area contributed by atoms with Gasteiger partial charge in [0, 0.05) is 55.1 Å². The summed E-state index contributed by atoms with van der Waals surface area (Å²) in [5, 5.41) is 7.17. The molecular formula is C12H26IN5. The number of hydrogen-bond acceptors (Lipinski definition) is 5. The number of piperidine rings is 1. The number of nitrogens with one attached hydrogen (secondary N) is 2. The van der Waals surface area contributed by atoms with E-state index in [0.717, 1.165) is 39.0 Å². The van der Waals surface area contributed by atoms with Crippen molar-refractivity contribution in [3.8, 4) is 0 Å². The van der Waals surface area contributed by atoms with E-state index < -0.39 is 0 Å². The van der Waals surface area contributed by atoms with Crippen LogP contribution in [-0.4, -0.2) is 78.6 Å². The quantitative estimate of drug-likeness (QED) is 0.380. The molecule has 0 unspecified atom stereocenters. The Hall–Kier alpha value is 0.530. The van der Waals surface area contributed by atoms with Crippen molar-refractivity contribution in [1.82, 2.24) is 23.5 Å². The van der Waals surface area contributed by atoms with Gasteiger partial charge < -0.3 is 15.5 Å². The minimum absolute atomic E-state index is 0.742. The van der Waals surface area contributed by atoms with Gasteiger partial charge >= 0.3 is 0 Å². The molecule has 2 heterocycles. The van der Waals surface area contributed by atoms with Crippen LogP contribution in [0.25, 0.3) is 0 Å². The largest absolute Gasteiger partial charge is 0.314 e. The fourth-order valence-corrected chi connectivity index (χ4v) is 3.34. The topological polar surface area (TPSA) is 33.8 Å². The van der Waals surface area contributed by atoms with E-state index in [1.807, 2.05) is 0 Å². The maximum atomic E-state index is 3.65. The van der Waals surface area contributed by atoms with Crippen LogP contribution in [0, 0.1) is 0 Å². The monoisotopic (exact) mass is 367 g/mol. The SMILES string of the molecule is CN1CCC(NCCNCCN2CN(I)C2)CC1. The molecule has 0 aromatic heterocycles. The van der Waals surface area contributed by atoms with Gasteiger partial charge in [-0.05, 0) is 33.0 Å². The van der Waals surface area contributed by atoms with E-state index in [1.54, 1.807) is 0 Å². The predicted octanol–water partition coefficient (Wildman–Crippen LogP) is 0.142. The molecule has 0 radical (unpaired) electrons. The van der Waals surface area contributed by atoms with Crippen LogP contribution >= 0.6 is 22.9 Å². The highest BCUT2D eigenvalue weighted by atomic mass is 127. The van der Waals surface area contributed by atoms with Crippen LogP contribution in [0.15, 0.2) is 0 Å². The molecule has 0 saturated carbocycles. The molecule has 5 nitrogen and oxygen atoms in total. The van der Waals surface area contributed by atoms with Gasteiger partial charge in [0.15, 0.2) is 0 Å². The number of nitrogens with zero attached hydrogens (tertiary/aromatic N) is 3. The zero-order chi connectivity index (χ0) is 12.8. The van der Waals surface area contributed by atoms with E-state index in [-0.39, 0.29) is 0 Å². The zero-order valence-electron chi connectivity index (χ0n) is 11.4. The molecule has 0 aliphatic carbocycles. The Morgan fingerprint density at radius 2 is 1.83 bits per heavy atom. The van der Waals surface area contributed by atoms with Crippen LogP contribution in [0.4, 0.5) is 0 Å². The van der Waals surface area contributed by atoms with Gasteiger partial charge in [-0.25, -0.2) is 3.11 Å². The summed E-state index contributed by atoms with van der Waals surface area (Å²) < 4.78 is 2.29. The fourth-order valence-electron chi connectivity index (χ4n) is 2.47. The molecular weight excluding hydrogens is 341 g/mol. The third kappa shape index (κ3) is 5.26. The highest BCUT2D eigenvalue weighted by Crippen LogP contribution is 2.12. The van der Waals surface area contributed by atoms with Gasteiger partial charge in [0.1, 0.15) is 0 Å². The molecule has 2 rings (SSSR count). The first-order valence-corrected chi connectivity index (χ1v) is 7.96. The van der Waals surface area contributed by atoms with Crippen molar-refractivity contribution < 1.29 is 0 Å². The van der Waals surface area contributed by atoms with Crippen molar-refractivity contribution in [3.05, 3.63) is 0 Å². The molecule has 106 valence electrons. The fraction of sp³-hybridized carbons (Fsp3) is 1.00. The smallest absolute Gasteiger partial charge is 0.0624 e. The van der Waals surface area contributed by atoms with Crippen LogP contribution < -0.4 is 10.6 Å². The summed E-state index contributed by atoms with van der Waals surface area (Å²) in [7, 11) is 2.21. The average Bonchev–Trinajstić information content (AvgIpc) is 2.33. The molecule has 2 aliphatic heterocycles. The van der Waals surface area contributed by atoms with Gasteiger partial charge in [-0.15, -0.1) is 0 Å². The van der Waals surface area contributed by atoms with Crippen molar-refractivity contribution in [2.45, 2.75) is 18.9 Å². The lowest BCUT2D eigenvalue weighted by atomic mass is 10.1. The molecule has 2 fully saturated rings. The Kier molecular flexibility index (Phi) is 6.60. The van der Waals surface area contributed by atoms with Crippen molar-refractivity contribution in [2.24, 2.45) is 0 Å². The molecule has 2 saturated heterocycles. The summed E-state index contributed by atoms with van der Waals surface area (Å²) >= 11 is 2.37. The van der Waals surface area contributed by atoms with Crippen molar-refractivity contribution in [1.29, 1.82) is 0 Å². The summed E-state index contributed by atoms with van der Waals surface area (Å²) in [6.07, 6.45) is 2.60. The molecule has 18 heavy (non-hydrogen) atoms. The normalized spacial score (nSPS) is 24.3. The van der Waals surface area contributed by atoms with Gasteiger partial charge in [0.2, 0.25) is 0 Å². The first-order valence-electron chi connectivity index (χ1n) is 7.00. The van der Waals surface area contributed by atoms with Crippen LogP contribution in [0.5, 0.6) is 0 Å². The summed E-state index contributed by atoms with van der Waals surface area (Å²) in [5.74, 6) is 0. The molecule has 6 heteroatoms. The molecule has 2 aliphatic rings. The maximum Gasteiger partial charge on any atom is 0.0624 e. The van der Waals surface area contributed by atoms with E-state index in [9.17, 15) is 0 Å². The van der Waals surface area contributed by atoms with Gasteiger partial charge in [0.05, 0.1) is 13.3 Å². The first kappa shape index (κ1) is 14.9. The maximum absolute atomic E-state index is 3.65. The van der Waals surface area contributed by atoms with Crippen molar-refractivity contribution >= 4 is 22.9 Å². The van der Waals surface area contributed by atoms with Gasteiger partial charge in [-0.2, -0.15) is 0 Å². The Morgan fingerprint density at radius 1 is 1.11 bits per heavy atom. The Morgan fingerprint density at radius 3 is 2.50 bits per heavy atom. The second-order valence-corrected chi connectivity index (χ2v) is 6.79. The average molecular weight is 367 g/mol. The number of likely N-dealkylation sites (tertiary alicyclic amines) is 1. The Bertz CT molecular complexity index is 227. The number of hydrogen-bond donors (Lipinski definition) is 2. The Labute approximate surface area is 125 Å². The van der Waals surface area contributed by atoms with E-state index in [0.29, 0.717) is 0 Å². The zero-order valence-corrected chi connectivity index (χ0v) is 13.5. The van der Waals surface area contributed by atoms with Crippen LogP contribution in [0.1, 0.15) is 12.8 Å². The molecule has 0 amide bonds. The van der Waals surface area contributed by atoms with Crippen LogP contribution in [0.2, 0.25) is 0 Å². The standard InChI is InChI=1S/C12H26IN5/c1-16-7-2-12(3-8-16)15-5-4-14-6-9-17-10-18(13)11-17/h12,14-15H,2-11H2,1H3. The van der Waals surface area contributed by atoms with E-state index in [1.165, 1.54) is 32.5 Å². The summed E-state index contributed by atoms with van der Waals surface area (Å²) in [6.45, 7) is 9.21. The lowest BCUT2D eigenvalue weighted by Gasteiger charge is -2.38. The molecule has 0 bridgehead atoms. The van der Waals surface area contributed by atoms with Crippen LogP contribution in [-0.2, 0) is 0 Å². The molecule has 0 aromatic carbocycles. The highest BCUT2D eigenvalue weighted by Gasteiger charge is 2.20. The molecule has 0 aromatic rings. The van der Waals surface area contributed by atoms with Crippen molar-refractivity contribution in [3.63, 3.8) is 0 Å². The second kappa shape index (κ2) is 7.96. The molecule has 0 atom stereocenters. The molecule has 2 N–H and O–H groups in total. The minimum atomic E-state index is 0.742. The predicted molar refractivity (Wildman–Crippen MR) is 83.7 cm³/mol. The first-order chi connectivity index (χ1) is 8.74. The number of rotatable bonds is 7. The van der Waals surface area contributed by atoms with E-state index in [2.05, 4.69) is 53.5 Å². The summed E-state index contributed by atoms with van der Waals surface area (Å²) in [5.41, 5.74) is 0.